The summed E-state index contributed by atoms with van der Waals surface area (Å²) in [7, 11) is 0. The zero-order chi connectivity index (χ0) is 18.7. The summed E-state index contributed by atoms with van der Waals surface area (Å²) in [5, 5.41) is 6.17. The van der Waals surface area contributed by atoms with Gasteiger partial charge in [-0.05, 0) is 39.3 Å². The smallest absolute Gasteiger partial charge is 0.238 e. The standard InChI is InChI=1S/C19H27N5O2/c1-5-21-17(25)15-12-24(7-6-22-15)19(3,4)18-23-11-16(26-18)14-8-13(2)9-20-10-14/h8-11,15,22H,5-7,12H2,1-4H3,(H,21,25)/t15-/m0/s1. The largest absolute Gasteiger partial charge is 0.439 e. The fourth-order valence-corrected chi connectivity index (χ4v) is 3.25. The summed E-state index contributed by atoms with van der Waals surface area (Å²) in [6.07, 6.45) is 5.34. The van der Waals surface area contributed by atoms with E-state index in [4.69, 9.17) is 4.42 Å². The maximum atomic E-state index is 12.2. The number of piperazine rings is 1. The molecular weight excluding hydrogens is 330 g/mol. The fourth-order valence-electron chi connectivity index (χ4n) is 3.25. The van der Waals surface area contributed by atoms with Crippen LogP contribution in [0.4, 0.5) is 0 Å². The van der Waals surface area contributed by atoms with E-state index in [9.17, 15) is 4.79 Å². The molecule has 0 saturated carbocycles. The summed E-state index contributed by atoms with van der Waals surface area (Å²) in [4.78, 5) is 23.2. The molecule has 26 heavy (non-hydrogen) atoms. The van der Waals surface area contributed by atoms with E-state index in [1.54, 1.807) is 12.4 Å². The van der Waals surface area contributed by atoms with E-state index in [1.807, 2.05) is 26.1 Å². The van der Waals surface area contributed by atoms with Crippen molar-refractivity contribution in [1.29, 1.82) is 0 Å². The maximum absolute atomic E-state index is 12.2. The number of pyridine rings is 1. The van der Waals surface area contributed by atoms with Gasteiger partial charge < -0.3 is 15.1 Å². The number of aromatic nitrogens is 2. The third kappa shape index (κ3) is 3.78. The van der Waals surface area contributed by atoms with Crippen LogP contribution in [0.5, 0.6) is 0 Å². The Labute approximate surface area is 154 Å². The molecule has 2 N–H and O–H groups in total. The molecule has 0 spiro atoms. The van der Waals surface area contributed by atoms with Crippen molar-refractivity contribution in [2.24, 2.45) is 0 Å². The van der Waals surface area contributed by atoms with E-state index < -0.39 is 5.54 Å². The second kappa shape index (κ2) is 7.55. The average molecular weight is 357 g/mol. The van der Waals surface area contributed by atoms with Crippen LogP contribution in [0.15, 0.2) is 29.1 Å². The Morgan fingerprint density at radius 2 is 2.23 bits per heavy atom. The van der Waals surface area contributed by atoms with Crippen LogP contribution < -0.4 is 10.6 Å². The van der Waals surface area contributed by atoms with Gasteiger partial charge in [-0.1, -0.05) is 0 Å². The maximum Gasteiger partial charge on any atom is 0.238 e. The number of hydrogen-bond donors (Lipinski definition) is 2. The monoisotopic (exact) mass is 357 g/mol. The predicted octanol–water partition coefficient (Wildman–Crippen LogP) is 1.69. The Morgan fingerprint density at radius 3 is 2.96 bits per heavy atom. The molecule has 1 atom stereocenters. The van der Waals surface area contributed by atoms with Crippen molar-refractivity contribution in [2.75, 3.05) is 26.2 Å². The molecule has 3 rings (SSSR count). The first-order valence-electron chi connectivity index (χ1n) is 9.06. The lowest BCUT2D eigenvalue weighted by Crippen LogP contribution is -2.60. The zero-order valence-corrected chi connectivity index (χ0v) is 15.9. The van der Waals surface area contributed by atoms with E-state index in [2.05, 4.69) is 39.3 Å². The molecule has 7 nitrogen and oxygen atoms in total. The van der Waals surface area contributed by atoms with Crippen molar-refractivity contribution in [1.82, 2.24) is 25.5 Å². The lowest BCUT2D eigenvalue weighted by molar-refractivity contribution is -0.124. The second-order valence-corrected chi connectivity index (χ2v) is 7.19. The second-order valence-electron chi connectivity index (χ2n) is 7.19. The highest BCUT2D eigenvalue weighted by atomic mass is 16.4. The number of nitrogens with zero attached hydrogens (tertiary/aromatic N) is 3. The van der Waals surface area contributed by atoms with Crippen molar-refractivity contribution >= 4 is 5.91 Å². The molecule has 0 unspecified atom stereocenters. The molecule has 1 aliphatic rings. The first kappa shape index (κ1) is 18.5. The zero-order valence-electron chi connectivity index (χ0n) is 15.9. The average Bonchev–Trinajstić information content (AvgIpc) is 3.13. The summed E-state index contributed by atoms with van der Waals surface area (Å²) >= 11 is 0. The number of oxazole rings is 1. The summed E-state index contributed by atoms with van der Waals surface area (Å²) in [5.74, 6) is 1.39. The van der Waals surface area contributed by atoms with E-state index in [1.165, 1.54) is 0 Å². The van der Waals surface area contributed by atoms with Crippen molar-refractivity contribution in [3.63, 3.8) is 0 Å². The predicted molar refractivity (Wildman–Crippen MR) is 99.5 cm³/mol. The molecule has 1 saturated heterocycles. The summed E-state index contributed by atoms with van der Waals surface area (Å²) in [5.41, 5.74) is 1.58. The van der Waals surface area contributed by atoms with Crippen LogP contribution in [-0.4, -0.2) is 53.0 Å². The van der Waals surface area contributed by atoms with E-state index in [-0.39, 0.29) is 11.9 Å². The fraction of sp³-hybridized carbons (Fsp3) is 0.526. The number of carbonyl (C=O) groups excluding carboxylic acids is 1. The molecule has 1 fully saturated rings. The van der Waals surface area contributed by atoms with Gasteiger partial charge in [0.1, 0.15) is 0 Å². The highest BCUT2D eigenvalue weighted by molar-refractivity contribution is 5.82. The minimum atomic E-state index is -0.414. The van der Waals surface area contributed by atoms with Gasteiger partial charge in [-0.3, -0.25) is 14.7 Å². The topological polar surface area (TPSA) is 83.3 Å². The quantitative estimate of drug-likeness (QED) is 0.847. The van der Waals surface area contributed by atoms with Gasteiger partial charge in [0.25, 0.3) is 0 Å². The molecule has 0 aliphatic carbocycles. The van der Waals surface area contributed by atoms with Crippen molar-refractivity contribution in [3.05, 3.63) is 36.1 Å². The molecule has 2 aromatic rings. The Morgan fingerprint density at radius 1 is 1.42 bits per heavy atom. The molecule has 2 aromatic heterocycles. The first-order chi connectivity index (χ1) is 12.4. The van der Waals surface area contributed by atoms with E-state index >= 15 is 0 Å². The van der Waals surface area contributed by atoms with Gasteiger partial charge in [0.2, 0.25) is 11.8 Å². The lowest BCUT2D eigenvalue weighted by atomic mass is 10.00. The van der Waals surface area contributed by atoms with Crippen LogP contribution in [0.3, 0.4) is 0 Å². The first-order valence-corrected chi connectivity index (χ1v) is 9.06. The molecule has 140 valence electrons. The summed E-state index contributed by atoms with van der Waals surface area (Å²) < 4.78 is 6.07. The third-order valence-electron chi connectivity index (χ3n) is 4.82. The molecule has 0 aromatic carbocycles. The highest BCUT2D eigenvalue weighted by Crippen LogP contribution is 2.31. The van der Waals surface area contributed by atoms with Crippen molar-refractivity contribution in [2.45, 2.75) is 39.3 Å². The Balaban J connectivity index is 1.78. The number of nitrogens with one attached hydrogen (secondary N) is 2. The molecule has 0 bridgehead atoms. The van der Waals surface area contributed by atoms with Gasteiger partial charge in [-0.2, -0.15) is 0 Å². The van der Waals surface area contributed by atoms with Crippen molar-refractivity contribution < 1.29 is 9.21 Å². The Bertz CT molecular complexity index is 771. The van der Waals surface area contributed by atoms with Gasteiger partial charge >= 0.3 is 0 Å². The van der Waals surface area contributed by atoms with Crippen LogP contribution in [0.1, 0.15) is 32.2 Å². The highest BCUT2D eigenvalue weighted by Gasteiger charge is 2.38. The number of aryl methyl sites for hydroxylation is 1. The van der Waals surface area contributed by atoms with Crippen LogP contribution in [0.2, 0.25) is 0 Å². The normalized spacial score (nSPS) is 18.7. The van der Waals surface area contributed by atoms with Crippen LogP contribution in [0, 0.1) is 6.92 Å². The van der Waals surface area contributed by atoms with E-state index in [0.29, 0.717) is 24.7 Å². The molecule has 3 heterocycles. The molecule has 7 heteroatoms. The van der Waals surface area contributed by atoms with Gasteiger partial charge in [-0.15, -0.1) is 0 Å². The molecular formula is C19H27N5O2. The van der Waals surface area contributed by atoms with Crippen LogP contribution in [-0.2, 0) is 10.3 Å². The molecule has 0 radical (unpaired) electrons. The summed E-state index contributed by atoms with van der Waals surface area (Å²) in [6.45, 7) is 10.9. The summed E-state index contributed by atoms with van der Waals surface area (Å²) in [6, 6.07) is 1.80. The van der Waals surface area contributed by atoms with Crippen LogP contribution >= 0.6 is 0 Å². The van der Waals surface area contributed by atoms with Crippen molar-refractivity contribution in [3.8, 4) is 11.3 Å². The number of hydrogen-bond acceptors (Lipinski definition) is 6. The molecule has 1 amide bonds. The molecule has 1 aliphatic heterocycles. The van der Waals surface area contributed by atoms with E-state index in [0.717, 1.165) is 24.2 Å². The lowest BCUT2D eigenvalue weighted by Gasteiger charge is -2.41. The minimum Gasteiger partial charge on any atom is -0.439 e. The SMILES string of the molecule is CCNC(=O)[C@@H]1CN(C(C)(C)c2ncc(-c3cncc(C)c3)o2)CCN1. The van der Waals surface area contributed by atoms with Gasteiger partial charge in [0, 0.05) is 44.1 Å². The Kier molecular flexibility index (Phi) is 5.38. The van der Waals surface area contributed by atoms with Gasteiger partial charge in [0.15, 0.2) is 5.76 Å². The van der Waals surface area contributed by atoms with Crippen LogP contribution in [0.25, 0.3) is 11.3 Å². The Hall–Kier alpha value is -2.25. The van der Waals surface area contributed by atoms with Gasteiger partial charge in [0.05, 0.1) is 17.8 Å². The third-order valence-corrected chi connectivity index (χ3v) is 4.82. The number of rotatable bonds is 5. The number of carbonyl (C=O) groups is 1. The van der Waals surface area contributed by atoms with Gasteiger partial charge in [-0.25, -0.2) is 4.98 Å². The number of likely N-dealkylation sites (N-methyl/N-ethyl adjacent to an activating group) is 1. The minimum absolute atomic E-state index is 0.0342. The number of amides is 1.